The first kappa shape index (κ1) is 47.7. The van der Waals surface area contributed by atoms with Crippen molar-refractivity contribution < 1.29 is 17.6 Å². The van der Waals surface area contributed by atoms with Crippen molar-refractivity contribution in [2.45, 2.75) is 106 Å². The van der Waals surface area contributed by atoms with Crippen LogP contribution in [0.2, 0.25) is 15.1 Å². The standard InChI is InChI=1S/C10H13Cl.C9H10ClF.C9H11Cl.C9H10F2.C9H11F/c1-7(2)9-5-4-8(3)10(11)6-9;1-6(2)7-3-4-8(10)9(11)5-7;1-7(2)8-3-5-9(10)6-4-8;1-6(2)7-3-4-8(10)9(11)5-7;1-7(2)8-3-5-9(10)6-4-8/h4-7H,1-3H3;3-6H,1-2H3;3-7H,1-2H3;3-6H,1-2H3;3-7H,1-2H3. The Morgan fingerprint density at radius 1 is 0.358 bits per heavy atom. The Hall–Kier alpha value is -3.31. The van der Waals surface area contributed by atoms with Crippen molar-refractivity contribution in [2.24, 2.45) is 0 Å². The van der Waals surface area contributed by atoms with Crippen molar-refractivity contribution in [2.75, 3.05) is 0 Å². The van der Waals surface area contributed by atoms with Crippen LogP contribution in [0, 0.1) is 30.2 Å². The van der Waals surface area contributed by atoms with Crippen molar-refractivity contribution in [1.82, 2.24) is 0 Å². The van der Waals surface area contributed by atoms with E-state index in [0.717, 1.165) is 32.8 Å². The maximum absolute atomic E-state index is 12.8. The summed E-state index contributed by atoms with van der Waals surface area (Å²) in [5, 5.41) is 1.87. The van der Waals surface area contributed by atoms with E-state index >= 15 is 0 Å². The minimum absolute atomic E-state index is 0.163. The molecule has 0 aliphatic carbocycles. The summed E-state index contributed by atoms with van der Waals surface area (Å²) in [6, 6.07) is 29.8. The number of benzene rings is 5. The third-order valence-corrected chi connectivity index (χ3v) is 9.12. The molecule has 288 valence electrons. The van der Waals surface area contributed by atoms with Crippen molar-refractivity contribution >= 4 is 34.8 Å². The molecular formula is C46H55Cl3F4. The molecular weight excluding hydrogens is 735 g/mol. The summed E-state index contributed by atoms with van der Waals surface area (Å²) in [4.78, 5) is 0. The fourth-order valence-corrected chi connectivity index (χ4v) is 4.84. The van der Waals surface area contributed by atoms with E-state index in [4.69, 9.17) is 34.8 Å². The molecule has 5 aromatic rings. The first-order chi connectivity index (χ1) is 24.7. The third kappa shape index (κ3) is 18.5. The molecule has 7 heteroatoms. The number of hydrogen-bond donors (Lipinski definition) is 0. The maximum Gasteiger partial charge on any atom is 0.159 e. The molecule has 5 aromatic carbocycles. The van der Waals surface area contributed by atoms with Crippen molar-refractivity contribution in [3.63, 3.8) is 0 Å². The molecule has 0 aliphatic heterocycles. The molecule has 53 heavy (non-hydrogen) atoms. The number of rotatable bonds is 5. The molecule has 0 saturated heterocycles. The van der Waals surface area contributed by atoms with Crippen LogP contribution in [-0.4, -0.2) is 0 Å². The molecule has 0 saturated carbocycles. The first-order valence-corrected chi connectivity index (χ1v) is 19.0. The topological polar surface area (TPSA) is 0 Å². The lowest BCUT2D eigenvalue weighted by molar-refractivity contribution is 0.506. The summed E-state index contributed by atoms with van der Waals surface area (Å²) < 4.78 is 50.1. The predicted octanol–water partition coefficient (Wildman–Crippen LogP) is 16.9. The van der Waals surface area contributed by atoms with Crippen LogP contribution < -0.4 is 0 Å². The average Bonchev–Trinajstić information content (AvgIpc) is 3.09. The van der Waals surface area contributed by atoms with Crippen LogP contribution >= 0.6 is 34.8 Å². The minimum atomic E-state index is -0.783. The molecule has 0 aromatic heterocycles. The molecule has 0 fully saturated rings. The van der Waals surface area contributed by atoms with Gasteiger partial charge in [-0.15, -0.1) is 0 Å². The Bertz CT molecular complexity index is 1600. The van der Waals surface area contributed by atoms with Gasteiger partial charge >= 0.3 is 0 Å². The van der Waals surface area contributed by atoms with Crippen LogP contribution in [-0.2, 0) is 0 Å². The van der Waals surface area contributed by atoms with Crippen LogP contribution in [0.1, 0.15) is 132 Å². The molecule has 0 atom stereocenters. The Morgan fingerprint density at radius 2 is 0.717 bits per heavy atom. The van der Waals surface area contributed by atoms with Gasteiger partial charge in [0.15, 0.2) is 11.6 Å². The minimum Gasteiger partial charge on any atom is -0.207 e. The quantitative estimate of drug-likeness (QED) is 0.156. The van der Waals surface area contributed by atoms with E-state index in [9.17, 15) is 17.6 Å². The van der Waals surface area contributed by atoms with Gasteiger partial charge in [-0.3, -0.25) is 0 Å². The van der Waals surface area contributed by atoms with E-state index in [0.29, 0.717) is 23.7 Å². The maximum atomic E-state index is 12.8. The predicted molar refractivity (Wildman–Crippen MR) is 222 cm³/mol. The molecule has 0 amide bonds. The van der Waals surface area contributed by atoms with Crippen LogP contribution in [0.4, 0.5) is 17.6 Å². The van der Waals surface area contributed by atoms with E-state index < -0.39 is 11.6 Å². The van der Waals surface area contributed by atoms with Crippen LogP contribution in [0.15, 0.2) is 103 Å². The van der Waals surface area contributed by atoms with Gasteiger partial charge in [0.05, 0.1) is 5.02 Å². The summed E-state index contributed by atoms with van der Waals surface area (Å²) in [5.74, 6) is 0.186. The van der Waals surface area contributed by atoms with E-state index in [1.165, 1.54) is 41.0 Å². The first-order valence-electron chi connectivity index (χ1n) is 17.9. The number of halogens is 7. The zero-order valence-corrected chi connectivity index (χ0v) is 35.1. The Morgan fingerprint density at radius 3 is 1.11 bits per heavy atom. The molecule has 0 N–H and O–H groups in total. The summed E-state index contributed by atoms with van der Waals surface area (Å²) in [6.07, 6.45) is 0. The van der Waals surface area contributed by atoms with E-state index in [2.05, 4.69) is 65.8 Å². The van der Waals surface area contributed by atoms with Crippen LogP contribution in [0.25, 0.3) is 0 Å². The lowest BCUT2D eigenvalue weighted by Gasteiger charge is -2.06. The van der Waals surface area contributed by atoms with Crippen LogP contribution in [0.3, 0.4) is 0 Å². The van der Waals surface area contributed by atoms with Gasteiger partial charge in [0.2, 0.25) is 0 Å². The summed E-state index contributed by atoms with van der Waals surface area (Å²) in [7, 11) is 0. The summed E-state index contributed by atoms with van der Waals surface area (Å²) in [6.45, 7) is 22.8. The summed E-state index contributed by atoms with van der Waals surface area (Å²) >= 11 is 17.2. The zero-order chi connectivity index (χ0) is 40.4. The van der Waals surface area contributed by atoms with E-state index in [-0.39, 0.29) is 22.6 Å². The van der Waals surface area contributed by atoms with Crippen molar-refractivity contribution in [3.8, 4) is 0 Å². The molecule has 0 aliphatic rings. The van der Waals surface area contributed by atoms with Crippen molar-refractivity contribution in [3.05, 3.63) is 175 Å². The van der Waals surface area contributed by atoms with Gasteiger partial charge in [-0.05, 0) is 124 Å². The number of aryl methyl sites for hydroxylation is 1. The lowest BCUT2D eigenvalue weighted by atomic mass is 10.0. The molecule has 0 spiro atoms. The van der Waals surface area contributed by atoms with Gasteiger partial charge in [0, 0.05) is 10.0 Å². The lowest BCUT2D eigenvalue weighted by Crippen LogP contribution is -1.90. The second kappa shape index (κ2) is 24.2. The van der Waals surface area contributed by atoms with E-state index in [1.807, 2.05) is 71.0 Å². The number of hydrogen-bond acceptors (Lipinski definition) is 0. The SMILES string of the molecule is CC(C)c1ccc(Cl)c(F)c1.CC(C)c1ccc(Cl)cc1.CC(C)c1ccc(F)c(F)c1.CC(C)c1ccc(F)cc1.Cc1ccc(C(C)C)cc1Cl. The fourth-order valence-electron chi connectivity index (χ4n) is 4.41. The Kier molecular flexibility index (Phi) is 21.8. The Balaban J connectivity index is 0.000000331. The van der Waals surface area contributed by atoms with Gasteiger partial charge < -0.3 is 0 Å². The fraction of sp³-hybridized carbons (Fsp3) is 0.348. The third-order valence-electron chi connectivity index (χ3n) is 8.16. The second-order valence-corrected chi connectivity index (χ2v) is 15.5. The summed E-state index contributed by atoms with van der Waals surface area (Å²) in [5.41, 5.74) is 6.78. The van der Waals surface area contributed by atoms with Gasteiger partial charge in [-0.25, -0.2) is 17.6 Å². The van der Waals surface area contributed by atoms with Gasteiger partial charge in [-0.2, -0.15) is 0 Å². The highest BCUT2D eigenvalue weighted by Crippen LogP contribution is 2.23. The molecule has 0 heterocycles. The largest absolute Gasteiger partial charge is 0.207 e. The molecule has 5 rings (SSSR count). The highest BCUT2D eigenvalue weighted by Gasteiger charge is 2.05. The monoisotopic (exact) mass is 788 g/mol. The van der Waals surface area contributed by atoms with Gasteiger partial charge in [-0.1, -0.05) is 153 Å². The van der Waals surface area contributed by atoms with Gasteiger partial charge in [0.1, 0.15) is 11.6 Å². The van der Waals surface area contributed by atoms with Gasteiger partial charge in [0.25, 0.3) is 0 Å². The smallest absolute Gasteiger partial charge is 0.159 e. The molecule has 0 nitrogen and oxygen atoms in total. The zero-order valence-electron chi connectivity index (χ0n) is 32.8. The van der Waals surface area contributed by atoms with E-state index in [1.54, 1.807) is 12.1 Å². The van der Waals surface area contributed by atoms with Crippen LogP contribution in [0.5, 0.6) is 0 Å². The normalized spacial score (nSPS) is 10.5. The molecule has 0 radical (unpaired) electrons. The second-order valence-electron chi connectivity index (χ2n) is 14.2. The van der Waals surface area contributed by atoms with Crippen molar-refractivity contribution in [1.29, 1.82) is 0 Å². The highest BCUT2D eigenvalue weighted by atomic mass is 35.5. The molecule has 0 unspecified atom stereocenters. The highest BCUT2D eigenvalue weighted by molar-refractivity contribution is 6.31. The molecule has 0 bridgehead atoms. The Labute approximate surface area is 331 Å². The average molecular weight is 790 g/mol.